The van der Waals surface area contributed by atoms with E-state index in [4.69, 9.17) is 4.42 Å². The van der Waals surface area contributed by atoms with Gasteiger partial charge in [0, 0.05) is 12.1 Å². The minimum atomic E-state index is 0.846. The van der Waals surface area contributed by atoms with Gasteiger partial charge in [-0.25, -0.2) is 0 Å². The Morgan fingerprint density at radius 2 is 2.14 bits per heavy atom. The lowest BCUT2D eigenvalue weighted by molar-refractivity contribution is 0.334. The summed E-state index contributed by atoms with van der Waals surface area (Å²) in [5.74, 6) is 2.73. The Bertz CT molecular complexity index is 552. The number of furan rings is 1. The van der Waals surface area contributed by atoms with E-state index in [0.717, 1.165) is 36.2 Å². The highest BCUT2D eigenvalue weighted by Crippen LogP contribution is 2.26. The molecular weight excluding hydrogens is 262 g/mol. The number of rotatable bonds is 6. The molecule has 0 atom stereocenters. The summed E-state index contributed by atoms with van der Waals surface area (Å²) in [6.45, 7) is 3.90. The Morgan fingerprint density at radius 3 is 2.90 bits per heavy atom. The van der Waals surface area contributed by atoms with Crippen LogP contribution in [0, 0.1) is 12.8 Å². The third-order valence-electron chi connectivity index (χ3n) is 4.47. The van der Waals surface area contributed by atoms with Crippen LogP contribution in [-0.4, -0.2) is 16.7 Å². The summed E-state index contributed by atoms with van der Waals surface area (Å²) in [5.41, 5.74) is 2.17. The van der Waals surface area contributed by atoms with Gasteiger partial charge in [-0.1, -0.05) is 32.1 Å². The molecule has 1 aliphatic rings. The molecule has 0 radical (unpaired) electrons. The molecule has 0 amide bonds. The quantitative estimate of drug-likeness (QED) is 0.788. The Kier molecular flexibility index (Phi) is 4.76. The summed E-state index contributed by atoms with van der Waals surface area (Å²) >= 11 is 0. The van der Waals surface area contributed by atoms with Gasteiger partial charge in [0.25, 0.3) is 0 Å². The van der Waals surface area contributed by atoms with Gasteiger partial charge < -0.3 is 9.73 Å². The van der Waals surface area contributed by atoms with E-state index in [2.05, 4.69) is 15.5 Å². The van der Waals surface area contributed by atoms with Gasteiger partial charge in [0.1, 0.15) is 11.5 Å². The van der Waals surface area contributed by atoms with E-state index in [0.29, 0.717) is 0 Å². The first-order chi connectivity index (χ1) is 10.3. The molecule has 0 bridgehead atoms. The molecule has 21 heavy (non-hydrogen) atoms. The van der Waals surface area contributed by atoms with Crippen molar-refractivity contribution >= 4 is 0 Å². The smallest absolute Gasteiger partial charge is 0.152 e. The average molecular weight is 287 g/mol. The third kappa shape index (κ3) is 3.76. The van der Waals surface area contributed by atoms with Crippen molar-refractivity contribution in [1.82, 2.24) is 15.5 Å². The fourth-order valence-corrected chi connectivity index (χ4v) is 3.23. The van der Waals surface area contributed by atoms with Crippen LogP contribution in [0.5, 0.6) is 0 Å². The van der Waals surface area contributed by atoms with Crippen LogP contribution < -0.4 is 5.32 Å². The molecule has 1 aliphatic carbocycles. The summed E-state index contributed by atoms with van der Waals surface area (Å²) in [6.07, 6.45) is 10.3. The molecule has 2 aromatic heterocycles. The average Bonchev–Trinajstić information content (AvgIpc) is 3.13. The summed E-state index contributed by atoms with van der Waals surface area (Å²) in [5, 5.41) is 10.7. The molecule has 1 saturated carbocycles. The Morgan fingerprint density at radius 1 is 1.29 bits per heavy atom. The van der Waals surface area contributed by atoms with Crippen molar-refractivity contribution in [1.29, 1.82) is 0 Å². The van der Waals surface area contributed by atoms with Gasteiger partial charge in [0.2, 0.25) is 0 Å². The highest BCUT2D eigenvalue weighted by molar-refractivity contribution is 5.56. The minimum absolute atomic E-state index is 0.846. The maximum Gasteiger partial charge on any atom is 0.152 e. The van der Waals surface area contributed by atoms with Crippen LogP contribution in [0.25, 0.3) is 11.5 Å². The number of aryl methyl sites for hydroxylation is 1. The van der Waals surface area contributed by atoms with Crippen molar-refractivity contribution in [2.75, 3.05) is 6.54 Å². The Balaban J connectivity index is 1.48. The van der Waals surface area contributed by atoms with Crippen LogP contribution >= 0.6 is 0 Å². The van der Waals surface area contributed by atoms with Crippen molar-refractivity contribution in [2.24, 2.45) is 5.92 Å². The zero-order chi connectivity index (χ0) is 14.5. The molecule has 0 unspecified atom stereocenters. The highest BCUT2D eigenvalue weighted by atomic mass is 16.3. The third-order valence-corrected chi connectivity index (χ3v) is 4.47. The molecule has 2 heterocycles. The van der Waals surface area contributed by atoms with Crippen molar-refractivity contribution in [3.63, 3.8) is 0 Å². The van der Waals surface area contributed by atoms with Gasteiger partial charge in [-0.05, 0) is 37.9 Å². The summed E-state index contributed by atoms with van der Waals surface area (Å²) in [7, 11) is 0. The van der Waals surface area contributed by atoms with E-state index < -0.39 is 0 Å². The second-order valence-electron chi connectivity index (χ2n) is 6.15. The van der Waals surface area contributed by atoms with Gasteiger partial charge in [-0.15, -0.1) is 0 Å². The summed E-state index contributed by atoms with van der Waals surface area (Å²) < 4.78 is 5.67. The first-order valence-corrected chi connectivity index (χ1v) is 8.12. The first kappa shape index (κ1) is 14.4. The van der Waals surface area contributed by atoms with E-state index in [9.17, 15) is 0 Å². The zero-order valence-electron chi connectivity index (χ0n) is 12.8. The standard InChI is InChI=1S/C17H25N3O/c1-13-7-8-16(21-13)17-15(12-19-20-17)11-18-10-9-14-5-3-2-4-6-14/h7-8,12,14,18H,2-6,9-11H2,1H3,(H,19,20). The molecule has 1 fully saturated rings. The van der Waals surface area contributed by atoms with Crippen molar-refractivity contribution in [3.8, 4) is 11.5 Å². The number of nitrogens with zero attached hydrogens (tertiary/aromatic N) is 1. The van der Waals surface area contributed by atoms with Gasteiger partial charge in [0.05, 0.1) is 6.20 Å². The van der Waals surface area contributed by atoms with Crippen LogP contribution in [-0.2, 0) is 6.54 Å². The van der Waals surface area contributed by atoms with E-state index in [1.54, 1.807) is 0 Å². The summed E-state index contributed by atoms with van der Waals surface area (Å²) in [4.78, 5) is 0. The fourth-order valence-electron chi connectivity index (χ4n) is 3.23. The molecule has 0 aliphatic heterocycles. The van der Waals surface area contributed by atoms with E-state index in [-0.39, 0.29) is 0 Å². The maximum atomic E-state index is 5.67. The van der Waals surface area contributed by atoms with Gasteiger partial charge in [-0.3, -0.25) is 5.10 Å². The van der Waals surface area contributed by atoms with Crippen LogP contribution in [0.4, 0.5) is 0 Å². The second-order valence-corrected chi connectivity index (χ2v) is 6.15. The molecule has 0 aromatic carbocycles. The molecule has 2 N–H and O–H groups in total. The van der Waals surface area contributed by atoms with Crippen molar-refractivity contribution in [2.45, 2.75) is 52.0 Å². The van der Waals surface area contributed by atoms with Crippen LogP contribution in [0.15, 0.2) is 22.7 Å². The Labute approximate surface area is 126 Å². The lowest BCUT2D eigenvalue weighted by atomic mass is 9.87. The molecule has 3 rings (SSSR count). The largest absolute Gasteiger partial charge is 0.460 e. The zero-order valence-corrected chi connectivity index (χ0v) is 12.8. The maximum absolute atomic E-state index is 5.67. The fraction of sp³-hybridized carbons (Fsp3) is 0.588. The first-order valence-electron chi connectivity index (χ1n) is 8.12. The molecule has 2 aromatic rings. The normalized spacial score (nSPS) is 16.4. The lowest BCUT2D eigenvalue weighted by Gasteiger charge is -2.21. The number of nitrogens with one attached hydrogen (secondary N) is 2. The Hall–Kier alpha value is -1.55. The molecule has 114 valence electrons. The number of aromatic nitrogens is 2. The predicted octanol–water partition coefficient (Wildman–Crippen LogP) is 4.04. The van der Waals surface area contributed by atoms with Crippen LogP contribution in [0.2, 0.25) is 0 Å². The number of aromatic amines is 1. The number of hydrogen-bond acceptors (Lipinski definition) is 3. The second kappa shape index (κ2) is 6.94. The molecular formula is C17H25N3O. The SMILES string of the molecule is Cc1ccc(-c2[nH]ncc2CNCCC2CCCCC2)o1. The van der Waals surface area contributed by atoms with Crippen LogP contribution in [0.1, 0.15) is 49.8 Å². The highest BCUT2D eigenvalue weighted by Gasteiger charge is 2.13. The van der Waals surface area contributed by atoms with E-state index >= 15 is 0 Å². The van der Waals surface area contributed by atoms with Gasteiger partial charge >= 0.3 is 0 Å². The van der Waals surface area contributed by atoms with Gasteiger partial charge in [-0.2, -0.15) is 5.10 Å². The predicted molar refractivity (Wildman–Crippen MR) is 83.9 cm³/mol. The van der Waals surface area contributed by atoms with E-state index in [1.807, 2.05) is 25.3 Å². The molecule has 4 nitrogen and oxygen atoms in total. The molecule has 4 heteroatoms. The monoisotopic (exact) mass is 287 g/mol. The number of H-pyrrole nitrogens is 1. The lowest BCUT2D eigenvalue weighted by Crippen LogP contribution is -2.19. The van der Waals surface area contributed by atoms with E-state index in [1.165, 1.54) is 44.1 Å². The molecule has 0 spiro atoms. The van der Waals surface area contributed by atoms with Crippen molar-refractivity contribution in [3.05, 3.63) is 29.7 Å². The number of hydrogen-bond donors (Lipinski definition) is 2. The van der Waals surface area contributed by atoms with Gasteiger partial charge in [0.15, 0.2) is 5.76 Å². The summed E-state index contributed by atoms with van der Waals surface area (Å²) in [6, 6.07) is 3.98. The van der Waals surface area contributed by atoms with Crippen LogP contribution in [0.3, 0.4) is 0 Å². The molecule has 0 saturated heterocycles. The van der Waals surface area contributed by atoms with Crippen molar-refractivity contribution < 1.29 is 4.42 Å². The minimum Gasteiger partial charge on any atom is -0.460 e. The topological polar surface area (TPSA) is 53.9 Å².